The molecule has 3 aliphatic rings. The third-order valence-electron chi connectivity index (χ3n) is 5.05. The van der Waals surface area contributed by atoms with Crippen LogP contribution in [-0.4, -0.2) is 26.7 Å². The molecule has 0 aliphatic carbocycles. The molecule has 0 N–H and O–H groups in total. The van der Waals surface area contributed by atoms with Gasteiger partial charge in [-0.1, -0.05) is 0 Å². The third-order valence-corrected chi connectivity index (χ3v) is 17.8. The molecular weight excluding hydrogens is 314 g/mol. The molecule has 6 heteroatoms. The van der Waals surface area contributed by atoms with Gasteiger partial charge in [-0.3, -0.25) is 0 Å². The van der Waals surface area contributed by atoms with Crippen molar-refractivity contribution in [3.63, 3.8) is 0 Å². The molecule has 0 bridgehead atoms. The fourth-order valence-electron chi connectivity index (χ4n) is 4.94. The Balaban J connectivity index is 1.83. The molecule has 0 unspecified atom stereocenters. The van der Waals surface area contributed by atoms with E-state index in [1.165, 1.54) is 11.4 Å². The molecular formula is C16H20N2O2P2. The van der Waals surface area contributed by atoms with Crippen LogP contribution in [-0.2, 0) is 0 Å². The normalized spacial score (nSPS) is 29.6. The van der Waals surface area contributed by atoms with Gasteiger partial charge >= 0.3 is 130 Å². The molecule has 4 nitrogen and oxygen atoms in total. The van der Waals surface area contributed by atoms with Gasteiger partial charge in [-0.2, -0.15) is 0 Å². The number of hydrogen-bond acceptors (Lipinski definition) is 4. The predicted molar refractivity (Wildman–Crippen MR) is 96.6 cm³/mol. The van der Waals surface area contributed by atoms with Crippen molar-refractivity contribution in [1.82, 2.24) is 0 Å². The first-order valence-electron chi connectivity index (χ1n) is 7.46. The number of nitrogens with zero attached hydrogens (tertiary/aromatic N) is 2. The van der Waals surface area contributed by atoms with E-state index in [1.54, 1.807) is 0 Å². The quantitative estimate of drug-likeness (QED) is 0.639. The van der Waals surface area contributed by atoms with E-state index in [0.29, 0.717) is 0 Å². The number of anilines is 2. The SMILES string of the molecule is CP12(C)Oc3ccccc3N1P1(C)(C)Oc3ccccc3N21. The van der Waals surface area contributed by atoms with Crippen LogP contribution in [0.1, 0.15) is 0 Å². The van der Waals surface area contributed by atoms with Crippen molar-refractivity contribution in [1.29, 1.82) is 0 Å². The fraction of sp³-hybridized carbons (Fsp3) is 0.250. The molecule has 0 saturated carbocycles. The van der Waals surface area contributed by atoms with Gasteiger partial charge in [0.2, 0.25) is 0 Å². The van der Waals surface area contributed by atoms with Crippen LogP contribution in [0.3, 0.4) is 0 Å². The van der Waals surface area contributed by atoms with Crippen molar-refractivity contribution >= 4 is 25.6 Å². The van der Waals surface area contributed by atoms with E-state index < -0.39 is 14.3 Å². The van der Waals surface area contributed by atoms with Crippen molar-refractivity contribution in [2.45, 2.75) is 0 Å². The summed E-state index contributed by atoms with van der Waals surface area (Å²) in [6.07, 6.45) is 0. The second-order valence-electron chi connectivity index (χ2n) is 7.43. The first kappa shape index (κ1) is 13.0. The van der Waals surface area contributed by atoms with Gasteiger partial charge in [-0.25, -0.2) is 0 Å². The molecule has 0 radical (unpaired) electrons. The maximum absolute atomic E-state index is 6.62. The van der Waals surface area contributed by atoms with Crippen molar-refractivity contribution in [2.24, 2.45) is 0 Å². The number of rotatable bonds is 0. The summed E-state index contributed by atoms with van der Waals surface area (Å²) >= 11 is 0. The molecule has 2 aromatic carbocycles. The van der Waals surface area contributed by atoms with Crippen LogP contribution in [0.2, 0.25) is 0 Å². The summed E-state index contributed by atoms with van der Waals surface area (Å²) in [6, 6.07) is 16.7. The molecule has 3 aliphatic heterocycles. The maximum atomic E-state index is 6.62. The first-order chi connectivity index (χ1) is 10.2. The molecule has 1 fully saturated rings. The second-order valence-corrected chi connectivity index (χ2v) is 17.5. The van der Waals surface area contributed by atoms with Gasteiger partial charge in [0.25, 0.3) is 0 Å². The summed E-state index contributed by atoms with van der Waals surface area (Å²) in [7, 11) is -5.37. The van der Waals surface area contributed by atoms with Gasteiger partial charge in [0.1, 0.15) is 0 Å². The van der Waals surface area contributed by atoms with E-state index >= 15 is 0 Å². The van der Waals surface area contributed by atoms with Crippen LogP contribution in [0, 0.1) is 0 Å². The van der Waals surface area contributed by atoms with Gasteiger partial charge in [-0.05, 0) is 0 Å². The van der Waals surface area contributed by atoms with E-state index in [-0.39, 0.29) is 0 Å². The Kier molecular flexibility index (Phi) is 1.82. The summed E-state index contributed by atoms with van der Waals surface area (Å²) < 4.78 is 18.2. The van der Waals surface area contributed by atoms with Crippen molar-refractivity contribution in [2.75, 3.05) is 35.5 Å². The van der Waals surface area contributed by atoms with Crippen LogP contribution in [0.15, 0.2) is 48.5 Å². The molecule has 5 rings (SSSR count). The number of benzene rings is 2. The Morgan fingerprint density at radius 1 is 0.636 bits per heavy atom. The Bertz CT molecular complexity index is 777. The van der Waals surface area contributed by atoms with Gasteiger partial charge in [0, 0.05) is 0 Å². The molecule has 22 heavy (non-hydrogen) atoms. The summed E-state index contributed by atoms with van der Waals surface area (Å²) in [5, 5.41) is 0. The topological polar surface area (TPSA) is 24.9 Å². The van der Waals surface area contributed by atoms with Crippen LogP contribution in [0.25, 0.3) is 0 Å². The van der Waals surface area contributed by atoms with Crippen LogP contribution < -0.4 is 17.9 Å². The molecule has 0 spiro atoms. The minimum atomic E-state index is -2.69. The Hall–Kier alpha value is -1.50. The molecule has 116 valence electrons. The number of para-hydroxylation sites is 4. The van der Waals surface area contributed by atoms with Gasteiger partial charge in [0.15, 0.2) is 0 Å². The van der Waals surface area contributed by atoms with Crippen molar-refractivity contribution in [3.05, 3.63) is 48.5 Å². The fourth-order valence-corrected chi connectivity index (χ4v) is 22.7. The van der Waals surface area contributed by atoms with Crippen LogP contribution in [0.5, 0.6) is 11.5 Å². The Labute approximate surface area is 130 Å². The summed E-state index contributed by atoms with van der Waals surface area (Å²) in [5.74, 6) is 1.96. The zero-order valence-electron chi connectivity index (χ0n) is 13.2. The van der Waals surface area contributed by atoms with E-state index in [1.807, 2.05) is 12.1 Å². The Morgan fingerprint density at radius 2 is 1.00 bits per heavy atom. The molecule has 0 aromatic heterocycles. The van der Waals surface area contributed by atoms with Gasteiger partial charge in [0.05, 0.1) is 0 Å². The van der Waals surface area contributed by atoms with Crippen molar-refractivity contribution < 1.29 is 9.05 Å². The van der Waals surface area contributed by atoms with E-state index in [9.17, 15) is 0 Å². The summed E-state index contributed by atoms with van der Waals surface area (Å²) in [5.41, 5.74) is 2.36. The zero-order chi connectivity index (χ0) is 15.4. The van der Waals surface area contributed by atoms with E-state index in [2.05, 4.69) is 71.9 Å². The summed E-state index contributed by atoms with van der Waals surface area (Å²) in [4.78, 5) is 0. The zero-order valence-corrected chi connectivity index (χ0v) is 15.0. The monoisotopic (exact) mass is 334 g/mol. The average molecular weight is 334 g/mol. The number of fused-ring (bicyclic) bond motifs is 8. The third kappa shape index (κ3) is 1.08. The first-order valence-corrected chi connectivity index (χ1v) is 13.4. The Morgan fingerprint density at radius 3 is 1.41 bits per heavy atom. The second kappa shape index (κ2) is 3.09. The van der Waals surface area contributed by atoms with E-state index in [4.69, 9.17) is 9.05 Å². The molecule has 0 amide bonds. The standard InChI is InChI=1S/C16H20N2O2P2/c1-21(2)17(13-9-5-7-11-15(13)19-21)22(3,4)18(21)14-10-6-8-12-16(14)20-22/h5-12H,1-4H3. The summed E-state index contributed by atoms with van der Waals surface area (Å²) in [6.45, 7) is 9.09. The van der Waals surface area contributed by atoms with Crippen LogP contribution in [0.4, 0.5) is 11.4 Å². The molecule has 3 heterocycles. The minimum absolute atomic E-state index is 0.980. The molecule has 2 aromatic rings. The predicted octanol–water partition coefficient (Wildman–Crippen LogP) is 4.91. The van der Waals surface area contributed by atoms with E-state index in [0.717, 1.165) is 11.5 Å². The number of hydrogen-bond donors (Lipinski definition) is 0. The van der Waals surface area contributed by atoms with Gasteiger partial charge < -0.3 is 0 Å². The van der Waals surface area contributed by atoms with Crippen LogP contribution >= 0.6 is 14.3 Å². The molecule has 1 saturated heterocycles. The average Bonchev–Trinajstić information content (AvgIpc) is 2.80. The van der Waals surface area contributed by atoms with Gasteiger partial charge in [-0.15, -0.1) is 0 Å². The van der Waals surface area contributed by atoms with Crippen molar-refractivity contribution in [3.8, 4) is 11.5 Å². The molecule has 0 atom stereocenters.